The van der Waals surface area contributed by atoms with Crippen LogP contribution in [0.5, 0.6) is 0 Å². The van der Waals surface area contributed by atoms with Crippen molar-refractivity contribution >= 4 is 11.6 Å². The third-order valence-electron chi connectivity index (χ3n) is 2.34. The number of hydrogen-bond acceptors (Lipinski definition) is 0. The number of alkyl halides is 1. The minimum Gasteiger partial charge on any atom is -0.123 e. The highest BCUT2D eigenvalue weighted by Crippen LogP contribution is 2.30. The van der Waals surface area contributed by atoms with E-state index in [2.05, 4.69) is 6.92 Å². The van der Waals surface area contributed by atoms with Crippen molar-refractivity contribution in [1.82, 2.24) is 0 Å². The van der Waals surface area contributed by atoms with Gasteiger partial charge in [0.15, 0.2) is 0 Å². The summed E-state index contributed by atoms with van der Waals surface area (Å²) in [5.74, 6) is 0.820. The van der Waals surface area contributed by atoms with Gasteiger partial charge >= 0.3 is 0 Å². The highest BCUT2D eigenvalue weighted by atomic mass is 35.5. The van der Waals surface area contributed by atoms with Crippen molar-refractivity contribution in [3.05, 3.63) is 0 Å². The largest absolute Gasteiger partial charge is 0.123 e. The Hall–Kier alpha value is 0.290. The molecule has 1 saturated carbocycles. The Balaban J connectivity index is 2.30. The maximum Gasteiger partial charge on any atom is 0.0364 e. The Morgan fingerprint density at radius 3 is 2.44 bits per heavy atom. The second-order valence-electron chi connectivity index (χ2n) is 2.97. The van der Waals surface area contributed by atoms with Crippen molar-refractivity contribution < 1.29 is 0 Å². The molecule has 1 unspecified atom stereocenters. The van der Waals surface area contributed by atoms with E-state index in [1.54, 1.807) is 0 Å². The van der Waals surface area contributed by atoms with Crippen molar-refractivity contribution in [3.8, 4) is 0 Å². The molecule has 1 rings (SSSR count). The summed E-state index contributed by atoms with van der Waals surface area (Å²) in [5.41, 5.74) is 0. The van der Waals surface area contributed by atoms with Crippen LogP contribution >= 0.6 is 11.6 Å². The van der Waals surface area contributed by atoms with Gasteiger partial charge in [-0.15, -0.1) is 11.6 Å². The minimum absolute atomic E-state index is 0.490. The molecule has 0 aromatic heterocycles. The molecule has 0 radical (unpaired) electrons. The van der Waals surface area contributed by atoms with Crippen LogP contribution in [0.25, 0.3) is 0 Å². The molecule has 0 saturated heterocycles. The summed E-state index contributed by atoms with van der Waals surface area (Å²) < 4.78 is 0. The summed E-state index contributed by atoms with van der Waals surface area (Å²) in [6, 6.07) is 0. The van der Waals surface area contributed by atoms with Gasteiger partial charge in [-0.3, -0.25) is 0 Å². The van der Waals surface area contributed by atoms with E-state index >= 15 is 0 Å². The summed E-state index contributed by atoms with van der Waals surface area (Å²) in [4.78, 5) is 0. The van der Waals surface area contributed by atoms with Gasteiger partial charge in [-0.05, 0) is 18.8 Å². The zero-order valence-electron chi connectivity index (χ0n) is 6.07. The first-order valence-corrected chi connectivity index (χ1v) is 4.42. The van der Waals surface area contributed by atoms with Gasteiger partial charge in [0.1, 0.15) is 0 Å². The second-order valence-corrected chi connectivity index (χ2v) is 3.53. The van der Waals surface area contributed by atoms with Gasteiger partial charge in [0.25, 0.3) is 0 Å². The van der Waals surface area contributed by atoms with Crippen LogP contribution in [0.2, 0.25) is 0 Å². The van der Waals surface area contributed by atoms with Crippen LogP contribution in [0.4, 0.5) is 0 Å². The Bertz CT molecular complexity index is 80.6. The summed E-state index contributed by atoms with van der Waals surface area (Å²) in [6.07, 6.45) is 6.64. The predicted molar refractivity (Wildman–Crippen MR) is 41.9 cm³/mol. The zero-order chi connectivity index (χ0) is 6.69. The number of rotatable bonds is 1. The lowest BCUT2D eigenvalue weighted by atomic mass is 9.87. The lowest BCUT2D eigenvalue weighted by molar-refractivity contribution is 0.356. The molecule has 0 spiro atoms. The normalized spacial score (nSPS) is 36.7. The molecule has 54 valence electrons. The first-order chi connectivity index (χ1) is 4.34. The highest BCUT2D eigenvalue weighted by Gasteiger charge is 2.20. The van der Waals surface area contributed by atoms with E-state index in [9.17, 15) is 0 Å². The van der Waals surface area contributed by atoms with E-state index in [4.69, 9.17) is 11.6 Å². The third-order valence-corrected chi connectivity index (χ3v) is 2.92. The lowest BCUT2D eigenvalue weighted by Gasteiger charge is -2.25. The molecule has 0 nitrogen and oxygen atoms in total. The summed E-state index contributed by atoms with van der Waals surface area (Å²) in [6.45, 7) is 2.24. The molecule has 1 aliphatic rings. The van der Waals surface area contributed by atoms with Crippen LogP contribution in [0.3, 0.4) is 0 Å². The summed E-state index contributed by atoms with van der Waals surface area (Å²) in [7, 11) is 0. The van der Waals surface area contributed by atoms with Gasteiger partial charge in [0.2, 0.25) is 0 Å². The van der Waals surface area contributed by atoms with Crippen LogP contribution in [0, 0.1) is 5.92 Å². The van der Waals surface area contributed by atoms with Gasteiger partial charge in [-0.1, -0.05) is 26.2 Å². The van der Waals surface area contributed by atoms with Crippen molar-refractivity contribution in [2.45, 2.75) is 44.4 Å². The SMILES string of the molecule is CCC1CCCC[C@@H]1Cl. The van der Waals surface area contributed by atoms with Crippen LogP contribution in [-0.4, -0.2) is 5.38 Å². The first kappa shape index (κ1) is 7.40. The maximum atomic E-state index is 6.08. The second kappa shape index (κ2) is 3.46. The van der Waals surface area contributed by atoms with Crippen molar-refractivity contribution in [2.75, 3.05) is 0 Å². The third kappa shape index (κ3) is 1.86. The van der Waals surface area contributed by atoms with E-state index in [-0.39, 0.29) is 0 Å². The highest BCUT2D eigenvalue weighted by molar-refractivity contribution is 6.20. The molecule has 9 heavy (non-hydrogen) atoms. The average molecular weight is 147 g/mol. The number of hydrogen-bond donors (Lipinski definition) is 0. The fourth-order valence-corrected chi connectivity index (χ4v) is 2.08. The van der Waals surface area contributed by atoms with E-state index < -0.39 is 0 Å². The quantitative estimate of drug-likeness (QED) is 0.499. The van der Waals surface area contributed by atoms with Crippen LogP contribution < -0.4 is 0 Å². The van der Waals surface area contributed by atoms with E-state index in [0.29, 0.717) is 5.38 Å². The number of halogens is 1. The summed E-state index contributed by atoms with van der Waals surface area (Å²) >= 11 is 6.08. The topological polar surface area (TPSA) is 0 Å². The molecule has 0 bridgehead atoms. The Morgan fingerprint density at radius 1 is 1.33 bits per heavy atom. The van der Waals surface area contributed by atoms with Crippen LogP contribution in [0.1, 0.15) is 39.0 Å². The van der Waals surface area contributed by atoms with E-state index in [1.165, 1.54) is 32.1 Å². The molecule has 0 aliphatic heterocycles. The Morgan fingerprint density at radius 2 is 2.00 bits per heavy atom. The van der Waals surface area contributed by atoms with Crippen LogP contribution in [0.15, 0.2) is 0 Å². The van der Waals surface area contributed by atoms with Crippen molar-refractivity contribution in [2.24, 2.45) is 5.92 Å². The maximum absolute atomic E-state index is 6.08. The van der Waals surface area contributed by atoms with Gasteiger partial charge < -0.3 is 0 Å². The van der Waals surface area contributed by atoms with Crippen molar-refractivity contribution in [1.29, 1.82) is 0 Å². The monoisotopic (exact) mass is 146 g/mol. The minimum atomic E-state index is 0.490. The van der Waals surface area contributed by atoms with Gasteiger partial charge in [0.05, 0.1) is 0 Å². The Labute approximate surface area is 62.6 Å². The summed E-state index contributed by atoms with van der Waals surface area (Å²) in [5, 5.41) is 0.490. The fraction of sp³-hybridized carbons (Fsp3) is 1.00. The molecule has 0 amide bonds. The molecule has 1 fully saturated rings. The van der Waals surface area contributed by atoms with Gasteiger partial charge in [-0.25, -0.2) is 0 Å². The molecule has 2 atom stereocenters. The molecular weight excluding hydrogens is 132 g/mol. The zero-order valence-corrected chi connectivity index (χ0v) is 6.82. The molecule has 1 heteroatoms. The Kier molecular flexibility index (Phi) is 2.84. The van der Waals surface area contributed by atoms with Crippen molar-refractivity contribution in [3.63, 3.8) is 0 Å². The molecule has 0 heterocycles. The van der Waals surface area contributed by atoms with E-state index in [0.717, 1.165) is 5.92 Å². The first-order valence-electron chi connectivity index (χ1n) is 3.98. The average Bonchev–Trinajstić information content (AvgIpc) is 1.89. The standard InChI is InChI=1S/C8H15Cl/c1-2-7-5-3-4-6-8(7)9/h7-8H,2-6H2,1H3/t7?,8-/m0/s1. The molecule has 0 aromatic rings. The van der Waals surface area contributed by atoms with Crippen LogP contribution in [-0.2, 0) is 0 Å². The molecule has 0 N–H and O–H groups in total. The lowest BCUT2D eigenvalue weighted by Crippen LogP contribution is -2.18. The smallest absolute Gasteiger partial charge is 0.0364 e. The fourth-order valence-electron chi connectivity index (χ4n) is 1.62. The van der Waals surface area contributed by atoms with Gasteiger partial charge in [-0.2, -0.15) is 0 Å². The molecule has 1 aliphatic carbocycles. The molecule has 0 aromatic carbocycles. The predicted octanol–water partition coefficient (Wildman–Crippen LogP) is 3.19. The van der Waals surface area contributed by atoms with E-state index in [1.807, 2.05) is 0 Å². The molecular formula is C8H15Cl. The van der Waals surface area contributed by atoms with Gasteiger partial charge in [0, 0.05) is 5.38 Å².